The number of carbonyl (C=O) groups is 1. The standard InChI is InChI=1S/C20H22N4O2/c1-26-17-7-4-14(5-8-17)11-19(25)24-10-2-3-16(13-24)18-9-6-15-12-21-23-20(15)22-18/h4-9,12,16H,2-3,10-11,13H2,1H3,(H,21,22,23)/t16-/m1/s1. The summed E-state index contributed by atoms with van der Waals surface area (Å²) in [6.07, 6.45) is 4.25. The maximum Gasteiger partial charge on any atom is 0.227 e. The van der Waals surface area contributed by atoms with Crippen LogP contribution in [0.2, 0.25) is 0 Å². The van der Waals surface area contributed by atoms with Gasteiger partial charge >= 0.3 is 0 Å². The molecule has 0 aliphatic carbocycles. The highest BCUT2D eigenvalue weighted by molar-refractivity contribution is 5.79. The SMILES string of the molecule is COc1ccc(CC(=O)N2CCC[C@@H](c3ccc4cn[nH]c4n3)C2)cc1. The van der Waals surface area contributed by atoms with E-state index in [1.807, 2.05) is 35.2 Å². The molecular formula is C20H22N4O2. The Morgan fingerprint density at radius 3 is 2.92 bits per heavy atom. The molecule has 1 aromatic carbocycles. The average Bonchev–Trinajstić information content (AvgIpc) is 3.16. The fourth-order valence-electron chi connectivity index (χ4n) is 3.54. The van der Waals surface area contributed by atoms with Gasteiger partial charge in [-0.3, -0.25) is 9.89 Å². The summed E-state index contributed by atoms with van der Waals surface area (Å²) < 4.78 is 5.17. The van der Waals surface area contributed by atoms with Crippen molar-refractivity contribution in [3.05, 3.63) is 53.9 Å². The predicted octanol–water partition coefficient (Wildman–Crippen LogP) is 2.92. The second-order valence-corrected chi connectivity index (χ2v) is 6.75. The van der Waals surface area contributed by atoms with E-state index in [1.165, 1.54) is 0 Å². The summed E-state index contributed by atoms with van der Waals surface area (Å²) in [7, 11) is 1.64. The zero-order valence-corrected chi connectivity index (χ0v) is 14.8. The minimum Gasteiger partial charge on any atom is -0.497 e. The van der Waals surface area contributed by atoms with E-state index in [4.69, 9.17) is 4.74 Å². The molecule has 3 heterocycles. The van der Waals surface area contributed by atoms with Gasteiger partial charge in [-0.25, -0.2) is 4.98 Å². The summed E-state index contributed by atoms with van der Waals surface area (Å²) in [5.41, 5.74) is 2.85. The van der Waals surface area contributed by atoms with E-state index >= 15 is 0 Å². The third kappa shape index (κ3) is 3.40. The summed E-state index contributed by atoms with van der Waals surface area (Å²) in [6, 6.07) is 11.8. The van der Waals surface area contributed by atoms with Crippen molar-refractivity contribution in [3.8, 4) is 5.75 Å². The van der Waals surface area contributed by atoms with Gasteiger partial charge in [0, 0.05) is 30.1 Å². The molecule has 4 rings (SSSR count). The minimum atomic E-state index is 0.169. The number of hydrogen-bond donors (Lipinski definition) is 1. The van der Waals surface area contributed by atoms with Crippen LogP contribution in [0.4, 0.5) is 0 Å². The van der Waals surface area contributed by atoms with Gasteiger partial charge < -0.3 is 9.64 Å². The molecule has 0 unspecified atom stereocenters. The van der Waals surface area contributed by atoms with Crippen LogP contribution in [0.3, 0.4) is 0 Å². The molecule has 1 fully saturated rings. The van der Waals surface area contributed by atoms with Crippen molar-refractivity contribution in [1.82, 2.24) is 20.1 Å². The number of nitrogens with one attached hydrogen (secondary N) is 1. The Balaban J connectivity index is 1.44. The Morgan fingerprint density at radius 2 is 2.12 bits per heavy atom. The maximum atomic E-state index is 12.7. The first-order valence-electron chi connectivity index (χ1n) is 8.93. The molecule has 2 aromatic heterocycles. The molecule has 6 nitrogen and oxygen atoms in total. The number of hydrogen-bond acceptors (Lipinski definition) is 4. The summed E-state index contributed by atoms with van der Waals surface area (Å²) in [5.74, 6) is 1.25. The van der Waals surface area contributed by atoms with E-state index < -0.39 is 0 Å². The lowest BCUT2D eigenvalue weighted by Gasteiger charge is -2.32. The molecule has 0 radical (unpaired) electrons. The molecule has 1 aliphatic rings. The van der Waals surface area contributed by atoms with Gasteiger partial charge in [-0.05, 0) is 42.7 Å². The number of benzene rings is 1. The molecule has 134 valence electrons. The summed E-state index contributed by atoms with van der Waals surface area (Å²) in [6.45, 7) is 1.54. The van der Waals surface area contributed by atoms with Crippen LogP contribution in [0.1, 0.15) is 30.0 Å². The Labute approximate surface area is 152 Å². The number of aromatic amines is 1. The van der Waals surface area contributed by atoms with Crippen molar-refractivity contribution in [2.24, 2.45) is 0 Å². The van der Waals surface area contributed by atoms with E-state index in [9.17, 15) is 4.79 Å². The van der Waals surface area contributed by atoms with Crippen LogP contribution < -0.4 is 4.74 Å². The molecule has 0 saturated carbocycles. The third-order valence-electron chi connectivity index (χ3n) is 5.03. The van der Waals surface area contributed by atoms with Gasteiger partial charge in [0.05, 0.1) is 19.7 Å². The van der Waals surface area contributed by atoms with E-state index in [-0.39, 0.29) is 11.8 Å². The van der Waals surface area contributed by atoms with Gasteiger partial charge in [0.2, 0.25) is 5.91 Å². The van der Waals surface area contributed by atoms with Gasteiger partial charge in [0.15, 0.2) is 5.65 Å². The van der Waals surface area contributed by atoms with Gasteiger partial charge in [-0.1, -0.05) is 12.1 Å². The predicted molar refractivity (Wildman–Crippen MR) is 99.1 cm³/mol. The van der Waals surface area contributed by atoms with Crippen LogP contribution in [-0.2, 0) is 11.2 Å². The lowest BCUT2D eigenvalue weighted by molar-refractivity contribution is -0.131. The monoisotopic (exact) mass is 350 g/mol. The van der Waals surface area contributed by atoms with Gasteiger partial charge in [-0.15, -0.1) is 0 Å². The molecule has 1 N–H and O–H groups in total. The second kappa shape index (κ2) is 7.15. The molecule has 1 saturated heterocycles. The van der Waals surface area contributed by atoms with Crippen LogP contribution in [0.5, 0.6) is 5.75 Å². The Kier molecular flexibility index (Phi) is 4.56. The first-order valence-corrected chi connectivity index (χ1v) is 8.93. The Hall–Kier alpha value is -2.89. The number of carbonyl (C=O) groups excluding carboxylic acids is 1. The molecule has 1 aliphatic heterocycles. The maximum absolute atomic E-state index is 12.7. The second-order valence-electron chi connectivity index (χ2n) is 6.75. The number of methoxy groups -OCH3 is 1. The van der Waals surface area contributed by atoms with Gasteiger partial charge in [0.25, 0.3) is 0 Å². The van der Waals surface area contributed by atoms with E-state index in [0.29, 0.717) is 6.42 Å². The highest BCUT2D eigenvalue weighted by Crippen LogP contribution is 2.27. The molecule has 1 amide bonds. The first kappa shape index (κ1) is 16.6. The molecule has 0 spiro atoms. The number of piperidine rings is 1. The quantitative estimate of drug-likeness (QED) is 0.785. The third-order valence-corrected chi connectivity index (χ3v) is 5.03. The number of amides is 1. The average molecular weight is 350 g/mol. The molecule has 1 atom stereocenters. The van der Waals surface area contributed by atoms with Crippen LogP contribution in [0.25, 0.3) is 11.0 Å². The number of H-pyrrole nitrogens is 1. The number of fused-ring (bicyclic) bond motifs is 1. The highest BCUT2D eigenvalue weighted by atomic mass is 16.5. The molecule has 0 bridgehead atoms. The summed E-state index contributed by atoms with van der Waals surface area (Å²) in [5, 5.41) is 7.96. The highest BCUT2D eigenvalue weighted by Gasteiger charge is 2.25. The van der Waals surface area contributed by atoms with Crippen molar-refractivity contribution >= 4 is 16.9 Å². The number of nitrogens with zero attached hydrogens (tertiary/aromatic N) is 3. The smallest absolute Gasteiger partial charge is 0.227 e. The summed E-state index contributed by atoms with van der Waals surface area (Å²) >= 11 is 0. The number of rotatable bonds is 4. The van der Waals surface area contributed by atoms with Crippen molar-refractivity contribution in [2.45, 2.75) is 25.2 Å². The van der Waals surface area contributed by atoms with Crippen molar-refractivity contribution in [1.29, 1.82) is 0 Å². The number of likely N-dealkylation sites (tertiary alicyclic amines) is 1. The van der Waals surface area contributed by atoms with Crippen LogP contribution in [0.15, 0.2) is 42.6 Å². The number of ether oxygens (including phenoxy) is 1. The van der Waals surface area contributed by atoms with E-state index in [1.54, 1.807) is 13.3 Å². The van der Waals surface area contributed by atoms with Crippen molar-refractivity contribution in [2.75, 3.05) is 20.2 Å². The largest absolute Gasteiger partial charge is 0.497 e. The Bertz CT molecular complexity index is 904. The lowest BCUT2D eigenvalue weighted by Crippen LogP contribution is -2.40. The normalized spacial score (nSPS) is 17.4. The molecular weight excluding hydrogens is 328 g/mol. The Morgan fingerprint density at radius 1 is 1.27 bits per heavy atom. The summed E-state index contributed by atoms with van der Waals surface area (Å²) in [4.78, 5) is 19.4. The van der Waals surface area contributed by atoms with E-state index in [0.717, 1.165) is 54.0 Å². The zero-order chi connectivity index (χ0) is 17.9. The fourth-order valence-corrected chi connectivity index (χ4v) is 3.54. The lowest BCUT2D eigenvalue weighted by atomic mass is 9.93. The molecule has 3 aromatic rings. The first-order chi connectivity index (χ1) is 12.7. The van der Waals surface area contributed by atoms with Crippen LogP contribution in [-0.4, -0.2) is 46.2 Å². The topological polar surface area (TPSA) is 71.1 Å². The molecule has 6 heteroatoms. The minimum absolute atomic E-state index is 0.169. The van der Waals surface area contributed by atoms with E-state index in [2.05, 4.69) is 21.2 Å². The van der Waals surface area contributed by atoms with Crippen molar-refractivity contribution < 1.29 is 9.53 Å². The zero-order valence-electron chi connectivity index (χ0n) is 14.8. The number of pyridine rings is 1. The molecule has 26 heavy (non-hydrogen) atoms. The number of aromatic nitrogens is 3. The van der Waals surface area contributed by atoms with Crippen molar-refractivity contribution in [3.63, 3.8) is 0 Å². The van der Waals surface area contributed by atoms with Gasteiger partial charge in [0.1, 0.15) is 5.75 Å². The van der Waals surface area contributed by atoms with Crippen LogP contribution in [0, 0.1) is 0 Å². The van der Waals surface area contributed by atoms with Gasteiger partial charge in [-0.2, -0.15) is 5.10 Å². The fraction of sp³-hybridized carbons (Fsp3) is 0.350. The van der Waals surface area contributed by atoms with Crippen LogP contribution >= 0.6 is 0 Å².